The van der Waals surface area contributed by atoms with Crippen LogP contribution in [-0.4, -0.2) is 59.4 Å². The highest BCUT2D eigenvalue weighted by molar-refractivity contribution is 14.0. The van der Waals surface area contributed by atoms with E-state index in [0.717, 1.165) is 24.0 Å². The third-order valence-electron chi connectivity index (χ3n) is 4.37. The van der Waals surface area contributed by atoms with Gasteiger partial charge in [0.05, 0.1) is 12.0 Å². The number of guanidine groups is 1. The van der Waals surface area contributed by atoms with Crippen molar-refractivity contribution in [2.45, 2.75) is 27.3 Å². The van der Waals surface area contributed by atoms with E-state index in [9.17, 15) is 4.79 Å². The number of nitrogens with zero attached hydrogens (tertiary/aromatic N) is 4. The molecule has 8 nitrogen and oxygen atoms in total. The molecule has 0 bridgehead atoms. The van der Waals surface area contributed by atoms with Crippen molar-refractivity contribution in [2.24, 2.45) is 4.99 Å². The van der Waals surface area contributed by atoms with Crippen LogP contribution in [0.3, 0.4) is 0 Å². The Labute approximate surface area is 176 Å². The van der Waals surface area contributed by atoms with Crippen LogP contribution in [0.25, 0.3) is 0 Å². The van der Waals surface area contributed by atoms with Gasteiger partial charge in [0.15, 0.2) is 11.7 Å². The number of nitrogens with one attached hydrogen (secondary N) is 1. The molecule has 0 aliphatic carbocycles. The summed E-state index contributed by atoms with van der Waals surface area (Å²) in [6, 6.07) is 3.42. The highest BCUT2D eigenvalue weighted by atomic mass is 127. The van der Waals surface area contributed by atoms with Crippen LogP contribution in [0.4, 0.5) is 0 Å². The van der Waals surface area contributed by atoms with Crippen molar-refractivity contribution in [1.29, 1.82) is 0 Å². The van der Waals surface area contributed by atoms with Gasteiger partial charge in [-0.05, 0) is 32.9 Å². The fourth-order valence-electron chi connectivity index (χ4n) is 2.85. The number of hydrogen-bond acceptors (Lipinski definition) is 5. The molecule has 0 aromatic carbocycles. The lowest BCUT2D eigenvalue weighted by Gasteiger charge is -2.36. The zero-order valence-corrected chi connectivity index (χ0v) is 18.2. The average molecular weight is 487 g/mol. The number of carbonyl (C=O) groups excluding carboxylic acids is 1. The monoisotopic (exact) mass is 487 g/mol. The highest BCUT2D eigenvalue weighted by Gasteiger charge is 2.25. The van der Waals surface area contributed by atoms with Gasteiger partial charge in [0.2, 0.25) is 5.89 Å². The summed E-state index contributed by atoms with van der Waals surface area (Å²) in [5.41, 5.74) is 0.894. The molecule has 1 N–H and O–H groups in total. The molecular formula is C18H26IN5O3. The Kier molecular flexibility index (Phi) is 7.69. The van der Waals surface area contributed by atoms with Crippen molar-refractivity contribution < 1.29 is 13.6 Å². The lowest BCUT2D eigenvalue weighted by Crippen LogP contribution is -2.53. The van der Waals surface area contributed by atoms with Crippen LogP contribution >= 0.6 is 24.0 Å². The van der Waals surface area contributed by atoms with Gasteiger partial charge in [-0.15, -0.1) is 24.0 Å². The molecule has 1 fully saturated rings. The normalized spacial score (nSPS) is 14.9. The van der Waals surface area contributed by atoms with Crippen molar-refractivity contribution >= 4 is 35.8 Å². The van der Waals surface area contributed by atoms with Crippen molar-refractivity contribution in [3.05, 3.63) is 41.5 Å². The average Bonchev–Trinajstić information content (AvgIpc) is 3.29. The van der Waals surface area contributed by atoms with E-state index >= 15 is 0 Å². The molecule has 148 valence electrons. The molecule has 0 spiro atoms. The Morgan fingerprint density at radius 3 is 2.52 bits per heavy atom. The molecule has 9 heteroatoms. The zero-order valence-electron chi connectivity index (χ0n) is 15.9. The number of aliphatic imine (C=N–C) groups is 1. The highest BCUT2D eigenvalue weighted by Crippen LogP contribution is 2.11. The van der Waals surface area contributed by atoms with Crippen molar-refractivity contribution in [3.63, 3.8) is 0 Å². The number of carbonyl (C=O) groups is 1. The summed E-state index contributed by atoms with van der Waals surface area (Å²) in [5, 5.41) is 3.30. The Bertz CT molecular complexity index is 745. The van der Waals surface area contributed by atoms with E-state index in [1.165, 1.54) is 6.26 Å². The molecule has 1 aliphatic heterocycles. The van der Waals surface area contributed by atoms with Crippen LogP contribution in [-0.2, 0) is 6.54 Å². The lowest BCUT2D eigenvalue weighted by molar-refractivity contribution is 0.0657. The van der Waals surface area contributed by atoms with Crippen LogP contribution in [0.15, 0.2) is 32.2 Å². The number of furan rings is 1. The number of rotatable bonds is 4. The molecule has 0 saturated carbocycles. The molecule has 3 rings (SSSR count). The zero-order chi connectivity index (χ0) is 18.5. The Morgan fingerprint density at radius 1 is 1.26 bits per heavy atom. The van der Waals surface area contributed by atoms with Crippen molar-refractivity contribution in [3.8, 4) is 0 Å². The van der Waals surface area contributed by atoms with E-state index in [4.69, 9.17) is 8.83 Å². The van der Waals surface area contributed by atoms with E-state index in [1.807, 2.05) is 20.8 Å². The fourth-order valence-corrected chi connectivity index (χ4v) is 2.85. The quantitative estimate of drug-likeness (QED) is 0.405. The number of amides is 1. The Hall–Kier alpha value is -2.04. The first-order chi connectivity index (χ1) is 12.6. The summed E-state index contributed by atoms with van der Waals surface area (Å²) < 4.78 is 10.8. The summed E-state index contributed by atoms with van der Waals surface area (Å²) in [6.07, 6.45) is 1.52. The summed E-state index contributed by atoms with van der Waals surface area (Å²) >= 11 is 0. The molecule has 0 radical (unpaired) electrons. The van der Waals surface area contributed by atoms with Crippen molar-refractivity contribution in [1.82, 2.24) is 20.1 Å². The number of aryl methyl sites for hydroxylation is 2. The van der Waals surface area contributed by atoms with E-state index in [0.29, 0.717) is 44.4 Å². The van der Waals surface area contributed by atoms with Crippen LogP contribution in [0.5, 0.6) is 0 Å². The van der Waals surface area contributed by atoms with Crippen molar-refractivity contribution in [2.75, 3.05) is 32.7 Å². The second-order valence-corrected chi connectivity index (χ2v) is 6.18. The maximum absolute atomic E-state index is 12.4. The first-order valence-corrected chi connectivity index (χ1v) is 8.87. The van der Waals surface area contributed by atoms with Crippen LogP contribution in [0.1, 0.15) is 34.8 Å². The number of oxazole rings is 1. The minimum absolute atomic E-state index is 0. The van der Waals surface area contributed by atoms with Gasteiger partial charge in [-0.25, -0.2) is 9.98 Å². The molecule has 27 heavy (non-hydrogen) atoms. The second-order valence-electron chi connectivity index (χ2n) is 6.18. The van der Waals surface area contributed by atoms with E-state index in [2.05, 4.69) is 20.2 Å². The summed E-state index contributed by atoms with van der Waals surface area (Å²) in [6.45, 7) is 9.69. The predicted molar refractivity (Wildman–Crippen MR) is 112 cm³/mol. The fraction of sp³-hybridized carbons (Fsp3) is 0.500. The molecule has 1 amide bonds. The van der Waals surface area contributed by atoms with E-state index in [-0.39, 0.29) is 29.9 Å². The maximum Gasteiger partial charge on any atom is 0.289 e. The van der Waals surface area contributed by atoms with Gasteiger partial charge in [0.1, 0.15) is 12.3 Å². The SMILES string of the molecule is CCNC(=NCc1nc(C)c(C)o1)N1CCN(C(=O)c2ccco2)CC1.I. The number of piperazine rings is 1. The van der Waals surface area contributed by atoms with Crippen LogP contribution in [0, 0.1) is 13.8 Å². The van der Waals surface area contributed by atoms with Crippen LogP contribution < -0.4 is 5.32 Å². The third-order valence-corrected chi connectivity index (χ3v) is 4.37. The van der Waals surface area contributed by atoms with Crippen LogP contribution in [0.2, 0.25) is 0 Å². The molecule has 0 atom stereocenters. The molecule has 1 aliphatic rings. The van der Waals surface area contributed by atoms with Gasteiger partial charge >= 0.3 is 0 Å². The molecule has 3 heterocycles. The minimum Gasteiger partial charge on any atom is -0.459 e. The summed E-state index contributed by atoms with van der Waals surface area (Å²) in [4.78, 5) is 25.3. The smallest absolute Gasteiger partial charge is 0.289 e. The first-order valence-electron chi connectivity index (χ1n) is 8.87. The largest absolute Gasteiger partial charge is 0.459 e. The van der Waals surface area contributed by atoms with Gasteiger partial charge < -0.3 is 24.0 Å². The molecule has 0 unspecified atom stereocenters. The number of hydrogen-bond donors (Lipinski definition) is 1. The molecule has 1 saturated heterocycles. The summed E-state index contributed by atoms with van der Waals surface area (Å²) in [7, 11) is 0. The summed E-state index contributed by atoms with van der Waals surface area (Å²) in [5.74, 6) is 2.56. The Balaban J connectivity index is 0.00000261. The first kappa shape index (κ1) is 21.3. The van der Waals surface area contributed by atoms with E-state index < -0.39 is 0 Å². The lowest BCUT2D eigenvalue weighted by atomic mass is 10.3. The third kappa shape index (κ3) is 5.24. The van der Waals surface area contributed by atoms with Gasteiger partial charge in [-0.3, -0.25) is 4.79 Å². The predicted octanol–water partition coefficient (Wildman–Crippen LogP) is 2.43. The van der Waals surface area contributed by atoms with Gasteiger partial charge in [0.25, 0.3) is 5.91 Å². The molecule has 2 aromatic rings. The van der Waals surface area contributed by atoms with Gasteiger partial charge in [0, 0.05) is 32.7 Å². The van der Waals surface area contributed by atoms with Gasteiger partial charge in [-0.2, -0.15) is 0 Å². The maximum atomic E-state index is 12.4. The topological polar surface area (TPSA) is 87.1 Å². The standard InChI is InChI=1S/C18H25N5O3.HI/c1-4-19-18(20-12-16-21-13(2)14(3)26-16)23-9-7-22(8-10-23)17(24)15-6-5-11-25-15;/h5-6,11H,4,7-10,12H2,1-3H3,(H,19,20);1H. The molecular weight excluding hydrogens is 461 g/mol. The number of aromatic nitrogens is 1. The van der Waals surface area contributed by atoms with E-state index in [1.54, 1.807) is 17.0 Å². The minimum atomic E-state index is -0.0673. The molecule has 2 aromatic heterocycles. The number of halogens is 1. The Morgan fingerprint density at radius 2 is 1.96 bits per heavy atom. The second kappa shape index (κ2) is 9.77. The van der Waals surface area contributed by atoms with Gasteiger partial charge in [-0.1, -0.05) is 0 Å².